The number of nitrogens with one attached hydrogen (secondary N) is 2. The fraction of sp³-hybridized carbons (Fsp3) is 0.0500. The quantitative estimate of drug-likeness (QED) is 0.720. The van der Waals surface area contributed by atoms with Crippen molar-refractivity contribution < 1.29 is 9.59 Å². The van der Waals surface area contributed by atoms with E-state index in [4.69, 9.17) is 11.6 Å². The molecule has 5 nitrogen and oxygen atoms in total. The minimum Gasteiger partial charge on any atom is -0.348 e. The van der Waals surface area contributed by atoms with Gasteiger partial charge in [-0.2, -0.15) is 0 Å². The molecule has 0 aliphatic rings. The van der Waals surface area contributed by atoms with Crippen LogP contribution in [0, 0.1) is 0 Å². The van der Waals surface area contributed by atoms with Gasteiger partial charge in [-0.15, -0.1) is 0 Å². The summed E-state index contributed by atoms with van der Waals surface area (Å²) in [4.78, 5) is 28.5. The molecular formula is C20H16ClN3O2. The topological polar surface area (TPSA) is 71.1 Å². The Morgan fingerprint density at radius 2 is 1.58 bits per heavy atom. The highest BCUT2D eigenvalue weighted by Crippen LogP contribution is 2.21. The Labute approximate surface area is 156 Å². The molecule has 0 fully saturated rings. The summed E-state index contributed by atoms with van der Waals surface area (Å²) < 4.78 is 0. The third kappa shape index (κ3) is 4.46. The SMILES string of the molecule is O=C(NCc1cccnc1)c1ccc(C(=O)Nc2ccccc2Cl)cc1. The number of rotatable bonds is 5. The molecule has 1 aromatic heterocycles. The van der Waals surface area contributed by atoms with E-state index in [2.05, 4.69) is 15.6 Å². The molecule has 26 heavy (non-hydrogen) atoms. The van der Waals surface area contributed by atoms with E-state index in [-0.39, 0.29) is 11.8 Å². The number of hydrogen-bond donors (Lipinski definition) is 2. The van der Waals surface area contributed by atoms with Crippen LogP contribution in [0.3, 0.4) is 0 Å². The highest BCUT2D eigenvalue weighted by Gasteiger charge is 2.10. The van der Waals surface area contributed by atoms with Gasteiger partial charge in [-0.3, -0.25) is 14.6 Å². The number of halogens is 1. The standard InChI is InChI=1S/C20H16ClN3O2/c21-17-5-1-2-6-18(17)24-20(26)16-9-7-15(8-10-16)19(25)23-13-14-4-3-11-22-12-14/h1-12H,13H2,(H,23,25)(H,24,26). The zero-order valence-corrected chi connectivity index (χ0v) is 14.5. The summed E-state index contributed by atoms with van der Waals surface area (Å²) in [6.07, 6.45) is 3.38. The summed E-state index contributed by atoms with van der Waals surface area (Å²) in [7, 11) is 0. The van der Waals surface area contributed by atoms with E-state index in [9.17, 15) is 9.59 Å². The van der Waals surface area contributed by atoms with Crippen molar-refractivity contribution in [1.29, 1.82) is 0 Å². The molecule has 0 saturated carbocycles. The first-order valence-electron chi connectivity index (χ1n) is 7.96. The molecular weight excluding hydrogens is 350 g/mol. The van der Waals surface area contributed by atoms with Crippen LogP contribution < -0.4 is 10.6 Å². The maximum atomic E-state index is 12.3. The molecule has 3 aromatic rings. The Bertz CT molecular complexity index is 912. The van der Waals surface area contributed by atoms with E-state index < -0.39 is 0 Å². The molecule has 0 saturated heterocycles. The summed E-state index contributed by atoms with van der Waals surface area (Å²) >= 11 is 6.04. The number of anilines is 1. The van der Waals surface area contributed by atoms with Crippen LogP contribution in [0.25, 0.3) is 0 Å². The molecule has 3 rings (SSSR count). The Kier molecular flexibility index (Phi) is 5.61. The molecule has 130 valence electrons. The zero-order chi connectivity index (χ0) is 18.4. The van der Waals surface area contributed by atoms with Gasteiger partial charge < -0.3 is 10.6 Å². The molecule has 0 radical (unpaired) electrons. The number of hydrogen-bond acceptors (Lipinski definition) is 3. The maximum absolute atomic E-state index is 12.3. The van der Waals surface area contributed by atoms with Crippen LogP contribution in [0.5, 0.6) is 0 Å². The summed E-state index contributed by atoms with van der Waals surface area (Å²) in [5.74, 6) is -0.507. The van der Waals surface area contributed by atoms with Gasteiger partial charge in [-0.25, -0.2) is 0 Å². The van der Waals surface area contributed by atoms with E-state index >= 15 is 0 Å². The smallest absolute Gasteiger partial charge is 0.255 e. The fourth-order valence-corrected chi connectivity index (χ4v) is 2.50. The minimum atomic E-state index is -0.291. The third-order valence-corrected chi connectivity index (χ3v) is 4.04. The zero-order valence-electron chi connectivity index (χ0n) is 13.8. The van der Waals surface area contributed by atoms with Crippen LogP contribution >= 0.6 is 11.6 Å². The van der Waals surface area contributed by atoms with Gasteiger partial charge in [-0.05, 0) is 48.0 Å². The van der Waals surface area contributed by atoms with Crippen molar-refractivity contribution in [1.82, 2.24) is 10.3 Å². The third-order valence-electron chi connectivity index (χ3n) is 3.71. The first-order chi connectivity index (χ1) is 12.6. The number of pyridine rings is 1. The summed E-state index contributed by atoms with van der Waals surface area (Å²) in [6, 6.07) is 17.1. The molecule has 2 aromatic carbocycles. The number of nitrogens with zero attached hydrogens (tertiary/aromatic N) is 1. The van der Waals surface area contributed by atoms with Crippen molar-refractivity contribution in [3.05, 3.63) is 94.8 Å². The van der Waals surface area contributed by atoms with E-state index in [1.807, 2.05) is 12.1 Å². The van der Waals surface area contributed by atoms with E-state index in [0.29, 0.717) is 28.4 Å². The van der Waals surface area contributed by atoms with Crippen LogP contribution in [-0.4, -0.2) is 16.8 Å². The van der Waals surface area contributed by atoms with Gasteiger partial charge in [0.05, 0.1) is 10.7 Å². The Morgan fingerprint density at radius 1 is 0.885 bits per heavy atom. The number of benzene rings is 2. The lowest BCUT2D eigenvalue weighted by molar-refractivity contribution is 0.0949. The van der Waals surface area contributed by atoms with Crippen molar-refractivity contribution in [2.24, 2.45) is 0 Å². The second kappa shape index (κ2) is 8.27. The lowest BCUT2D eigenvalue weighted by Gasteiger charge is -2.08. The molecule has 0 aliphatic heterocycles. The van der Waals surface area contributed by atoms with Crippen LogP contribution in [0.4, 0.5) is 5.69 Å². The minimum absolute atomic E-state index is 0.216. The summed E-state index contributed by atoms with van der Waals surface area (Å²) in [5.41, 5.74) is 2.37. The molecule has 0 bridgehead atoms. The molecule has 0 atom stereocenters. The van der Waals surface area contributed by atoms with E-state index in [0.717, 1.165) is 5.56 Å². The average Bonchev–Trinajstić information content (AvgIpc) is 2.69. The summed E-state index contributed by atoms with van der Waals surface area (Å²) in [6.45, 7) is 0.390. The van der Waals surface area contributed by atoms with Gasteiger partial charge in [0.25, 0.3) is 11.8 Å². The number of carbonyl (C=O) groups excluding carboxylic acids is 2. The first kappa shape index (κ1) is 17.6. The molecule has 6 heteroatoms. The largest absolute Gasteiger partial charge is 0.348 e. The molecule has 1 heterocycles. The van der Waals surface area contributed by atoms with Crippen LogP contribution in [0.2, 0.25) is 5.02 Å². The van der Waals surface area contributed by atoms with E-state index in [1.54, 1.807) is 60.9 Å². The second-order valence-corrected chi connectivity index (χ2v) is 5.96. The van der Waals surface area contributed by atoms with Crippen molar-refractivity contribution in [3.8, 4) is 0 Å². The predicted molar refractivity (Wildman–Crippen MR) is 101 cm³/mol. The van der Waals surface area contributed by atoms with E-state index in [1.165, 1.54) is 0 Å². The van der Waals surface area contributed by atoms with Crippen LogP contribution in [0.1, 0.15) is 26.3 Å². The predicted octanol–water partition coefficient (Wildman–Crippen LogP) is 3.92. The summed E-state index contributed by atoms with van der Waals surface area (Å²) in [5, 5.41) is 6.02. The molecule has 0 spiro atoms. The second-order valence-electron chi connectivity index (χ2n) is 5.56. The number of para-hydroxylation sites is 1. The number of amides is 2. The number of carbonyl (C=O) groups is 2. The maximum Gasteiger partial charge on any atom is 0.255 e. The average molecular weight is 366 g/mol. The highest BCUT2D eigenvalue weighted by atomic mass is 35.5. The molecule has 0 aliphatic carbocycles. The molecule has 2 amide bonds. The number of aromatic nitrogens is 1. The van der Waals surface area contributed by atoms with Crippen molar-refractivity contribution in [2.45, 2.75) is 6.54 Å². The first-order valence-corrected chi connectivity index (χ1v) is 8.34. The van der Waals surface area contributed by atoms with Gasteiger partial charge in [0.15, 0.2) is 0 Å². The Morgan fingerprint density at radius 3 is 2.23 bits per heavy atom. The normalized spacial score (nSPS) is 10.2. The van der Waals surface area contributed by atoms with Gasteiger partial charge in [0.2, 0.25) is 0 Å². The fourth-order valence-electron chi connectivity index (χ4n) is 2.32. The Hall–Kier alpha value is -3.18. The van der Waals surface area contributed by atoms with Crippen molar-refractivity contribution >= 4 is 29.1 Å². The van der Waals surface area contributed by atoms with Gasteiger partial charge in [-0.1, -0.05) is 29.8 Å². The Balaban J connectivity index is 1.61. The highest BCUT2D eigenvalue weighted by molar-refractivity contribution is 6.33. The monoisotopic (exact) mass is 365 g/mol. The van der Waals surface area contributed by atoms with Gasteiger partial charge >= 0.3 is 0 Å². The van der Waals surface area contributed by atoms with Gasteiger partial charge in [0.1, 0.15) is 0 Å². The lowest BCUT2D eigenvalue weighted by atomic mass is 10.1. The lowest BCUT2D eigenvalue weighted by Crippen LogP contribution is -2.23. The molecule has 2 N–H and O–H groups in total. The molecule has 0 unspecified atom stereocenters. The van der Waals surface area contributed by atoms with Gasteiger partial charge in [0, 0.05) is 30.1 Å². The van der Waals surface area contributed by atoms with Crippen molar-refractivity contribution in [3.63, 3.8) is 0 Å². The van der Waals surface area contributed by atoms with Crippen LogP contribution in [-0.2, 0) is 6.54 Å². The van der Waals surface area contributed by atoms with Crippen molar-refractivity contribution in [2.75, 3.05) is 5.32 Å². The van der Waals surface area contributed by atoms with Crippen LogP contribution in [0.15, 0.2) is 73.1 Å².